The van der Waals surface area contributed by atoms with E-state index in [0.29, 0.717) is 11.5 Å². The summed E-state index contributed by atoms with van der Waals surface area (Å²) in [5, 5.41) is 16.0. The van der Waals surface area contributed by atoms with E-state index in [2.05, 4.69) is 94.4 Å². The molecule has 4 heteroatoms. The van der Waals surface area contributed by atoms with E-state index >= 15 is 0 Å². The molecule has 0 heterocycles. The highest BCUT2D eigenvalue weighted by molar-refractivity contribution is 6.37. The molecule has 204 valence electrons. The van der Waals surface area contributed by atoms with Crippen molar-refractivity contribution in [2.24, 2.45) is 0 Å². The summed E-state index contributed by atoms with van der Waals surface area (Å²) >= 11 is 0. The Morgan fingerprint density at radius 3 is 1.95 bits per heavy atom. The third-order valence-corrected chi connectivity index (χ3v) is 8.00. The number of hydrogen-bond acceptors (Lipinski definition) is 3. The molecule has 0 aliphatic rings. The molecular formula is C36H39BO3. The van der Waals surface area contributed by atoms with Crippen LogP contribution in [0.3, 0.4) is 0 Å². The number of hydrogen-bond donors (Lipinski definition) is 1. The predicted octanol–water partition coefficient (Wildman–Crippen LogP) is 9.29. The van der Waals surface area contributed by atoms with Crippen molar-refractivity contribution in [2.75, 3.05) is 0 Å². The van der Waals surface area contributed by atoms with Crippen molar-refractivity contribution in [1.29, 1.82) is 0 Å². The second kappa shape index (κ2) is 11.4. The fourth-order valence-electron chi connectivity index (χ4n) is 6.33. The predicted molar refractivity (Wildman–Crippen MR) is 170 cm³/mol. The molecule has 0 fully saturated rings. The molecule has 3 nitrogen and oxygen atoms in total. The van der Waals surface area contributed by atoms with Gasteiger partial charge in [0, 0.05) is 0 Å². The second-order valence-corrected chi connectivity index (χ2v) is 11.2. The Kier molecular flexibility index (Phi) is 7.91. The fraction of sp³-hybridized carbons (Fsp3) is 0.278. The zero-order valence-corrected chi connectivity index (χ0v) is 24.8. The second-order valence-electron chi connectivity index (χ2n) is 11.2. The minimum absolute atomic E-state index is 0.652. The normalized spacial score (nSPS) is 11.3. The molecule has 0 unspecified atom stereocenters. The van der Waals surface area contributed by atoms with Crippen LogP contribution in [-0.4, -0.2) is 12.3 Å². The van der Waals surface area contributed by atoms with E-state index in [0.717, 1.165) is 39.8 Å². The molecule has 0 aliphatic heterocycles. The lowest BCUT2D eigenvalue weighted by atomic mass is 9.86. The van der Waals surface area contributed by atoms with Crippen LogP contribution >= 0.6 is 0 Å². The van der Waals surface area contributed by atoms with Crippen molar-refractivity contribution >= 4 is 28.9 Å². The number of unbranched alkanes of at least 4 members (excludes halogenated alkanes) is 1. The lowest BCUT2D eigenvalue weighted by molar-refractivity contribution is 0.294. The molecule has 0 aromatic heterocycles. The highest BCUT2D eigenvalue weighted by Gasteiger charge is 2.27. The summed E-state index contributed by atoms with van der Waals surface area (Å²) in [5.41, 5.74) is 9.95. The van der Waals surface area contributed by atoms with Gasteiger partial charge in [0.2, 0.25) is 0 Å². The molecule has 0 radical (unpaired) electrons. The summed E-state index contributed by atoms with van der Waals surface area (Å²) in [5.74, 6) is 1.31. The molecule has 0 amide bonds. The number of fused-ring (bicyclic) bond motifs is 3. The molecule has 5 aromatic rings. The summed E-state index contributed by atoms with van der Waals surface area (Å²) in [6, 6.07) is 24.0. The Morgan fingerprint density at radius 1 is 0.650 bits per heavy atom. The van der Waals surface area contributed by atoms with Crippen LogP contribution in [0.4, 0.5) is 0 Å². The van der Waals surface area contributed by atoms with E-state index < -0.39 is 7.32 Å². The first-order valence-electron chi connectivity index (χ1n) is 14.3. The van der Waals surface area contributed by atoms with Gasteiger partial charge in [-0.2, -0.15) is 0 Å². The molecular weight excluding hydrogens is 491 g/mol. The first kappa shape index (κ1) is 27.8. The first-order valence-corrected chi connectivity index (χ1v) is 14.3. The van der Waals surface area contributed by atoms with Crippen LogP contribution in [0.2, 0.25) is 0 Å². The lowest BCUT2D eigenvalue weighted by Crippen LogP contribution is -2.31. The molecule has 0 saturated heterocycles. The van der Waals surface area contributed by atoms with Gasteiger partial charge in [0.1, 0.15) is 11.5 Å². The SMILES string of the molecule is CCCCc1cccc2c1cc(-c1c(C)cc(C)c(OB(O)Oc3c(C)cc(C)cc3C)c1C)c1ccccc12. The third kappa shape index (κ3) is 5.21. The van der Waals surface area contributed by atoms with Gasteiger partial charge < -0.3 is 14.3 Å². The molecule has 0 atom stereocenters. The van der Waals surface area contributed by atoms with Gasteiger partial charge in [0.05, 0.1) is 0 Å². The van der Waals surface area contributed by atoms with E-state index in [1.165, 1.54) is 51.1 Å². The van der Waals surface area contributed by atoms with Gasteiger partial charge in [-0.3, -0.25) is 0 Å². The number of aryl methyl sites for hydroxylation is 6. The van der Waals surface area contributed by atoms with Crippen molar-refractivity contribution in [1.82, 2.24) is 0 Å². The maximum atomic E-state index is 10.9. The van der Waals surface area contributed by atoms with Crippen molar-refractivity contribution in [2.45, 2.75) is 67.7 Å². The van der Waals surface area contributed by atoms with Crippen LogP contribution in [0.15, 0.2) is 66.7 Å². The Bertz CT molecular complexity index is 1700. The smallest absolute Gasteiger partial charge is 0.501 e. The van der Waals surface area contributed by atoms with Gasteiger partial charge in [0.15, 0.2) is 0 Å². The Hall–Kier alpha value is -3.76. The topological polar surface area (TPSA) is 38.7 Å². The highest BCUT2D eigenvalue weighted by Crippen LogP contribution is 2.42. The van der Waals surface area contributed by atoms with Crippen molar-refractivity contribution in [3.05, 3.63) is 106 Å². The summed E-state index contributed by atoms with van der Waals surface area (Å²) in [7, 11) is -1.43. The zero-order valence-electron chi connectivity index (χ0n) is 24.8. The molecule has 0 aliphatic carbocycles. The molecule has 0 bridgehead atoms. The lowest BCUT2D eigenvalue weighted by Gasteiger charge is -2.22. The van der Waals surface area contributed by atoms with Crippen molar-refractivity contribution < 1.29 is 14.3 Å². The average molecular weight is 531 g/mol. The van der Waals surface area contributed by atoms with E-state index in [1.807, 2.05) is 20.8 Å². The number of benzene rings is 5. The Balaban J connectivity index is 1.64. The Labute approximate surface area is 239 Å². The van der Waals surface area contributed by atoms with E-state index in [9.17, 15) is 5.02 Å². The minimum Gasteiger partial charge on any atom is -0.501 e. The molecule has 0 saturated carbocycles. The highest BCUT2D eigenvalue weighted by atomic mass is 16.7. The molecule has 5 aromatic carbocycles. The molecule has 40 heavy (non-hydrogen) atoms. The molecule has 1 N–H and O–H groups in total. The molecule has 5 rings (SSSR count). The first-order chi connectivity index (χ1) is 19.2. The van der Waals surface area contributed by atoms with Gasteiger partial charge >= 0.3 is 7.32 Å². The van der Waals surface area contributed by atoms with Crippen LogP contribution in [0, 0.1) is 41.5 Å². The van der Waals surface area contributed by atoms with Crippen LogP contribution in [0.25, 0.3) is 32.7 Å². The maximum absolute atomic E-state index is 10.9. The van der Waals surface area contributed by atoms with Crippen LogP contribution in [0.1, 0.15) is 58.7 Å². The summed E-state index contributed by atoms with van der Waals surface area (Å²) in [6.45, 7) is 14.5. The maximum Gasteiger partial charge on any atom is 0.785 e. The largest absolute Gasteiger partial charge is 0.785 e. The number of rotatable bonds is 8. The standard InChI is InChI=1S/C36H39BO3/c1-8-9-13-28-14-12-17-30-29-15-10-11-16-31(29)33(21-32(28)30)34-23(3)20-26(6)36(27(34)7)40-37(38)39-35-24(4)18-22(2)19-25(35)5/h10-12,14-21,38H,8-9,13H2,1-7H3. The average Bonchev–Trinajstić information content (AvgIpc) is 2.92. The van der Waals surface area contributed by atoms with Crippen LogP contribution < -0.4 is 9.31 Å². The zero-order chi connectivity index (χ0) is 28.6. The summed E-state index contributed by atoms with van der Waals surface area (Å²) in [6.07, 6.45) is 3.40. The quantitative estimate of drug-likeness (QED) is 0.161. The summed E-state index contributed by atoms with van der Waals surface area (Å²) in [4.78, 5) is 0. The van der Waals surface area contributed by atoms with Gasteiger partial charge in [-0.05, 0) is 127 Å². The van der Waals surface area contributed by atoms with Crippen LogP contribution in [-0.2, 0) is 6.42 Å². The van der Waals surface area contributed by atoms with Gasteiger partial charge in [0.25, 0.3) is 0 Å². The van der Waals surface area contributed by atoms with Gasteiger partial charge in [-0.15, -0.1) is 0 Å². The fourth-order valence-corrected chi connectivity index (χ4v) is 6.33. The Morgan fingerprint density at radius 2 is 1.25 bits per heavy atom. The minimum atomic E-state index is -1.43. The molecule has 0 spiro atoms. The van der Waals surface area contributed by atoms with E-state index in [4.69, 9.17) is 9.31 Å². The van der Waals surface area contributed by atoms with Gasteiger partial charge in [-0.25, -0.2) is 0 Å². The van der Waals surface area contributed by atoms with Crippen LogP contribution in [0.5, 0.6) is 11.5 Å². The van der Waals surface area contributed by atoms with E-state index in [-0.39, 0.29) is 0 Å². The monoisotopic (exact) mass is 530 g/mol. The third-order valence-electron chi connectivity index (χ3n) is 8.00. The van der Waals surface area contributed by atoms with Crippen molar-refractivity contribution in [3.63, 3.8) is 0 Å². The van der Waals surface area contributed by atoms with Crippen molar-refractivity contribution in [3.8, 4) is 22.6 Å². The summed E-state index contributed by atoms with van der Waals surface area (Å²) < 4.78 is 12.1. The van der Waals surface area contributed by atoms with Gasteiger partial charge in [-0.1, -0.05) is 79.6 Å². The van der Waals surface area contributed by atoms with E-state index in [1.54, 1.807) is 0 Å².